The third-order valence-corrected chi connectivity index (χ3v) is 2.77. The molecule has 1 unspecified atom stereocenters. The van der Waals surface area contributed by atoms with Crippen molar-refractivity contribution in [2.24, 2.45) is 0 Å². The lowest BCUT2D eigenvalue weighted by atomic mass is 9.91. The maximum Gasteiger partial charge on any atom is 0.348 e. The highest BCUT2D eigenvalue weighted by atomic mass is 16.5. The lowest BCUT2D eigenvalue weighted by Crippen LogP contribution is -2.46. The van der Waals surface area contributed by atoms with Crippen LogP contribution in [0.5, 0.6) is 11.5 Å². The summed E-state index contributed by atoms with van der Waals surface area (Å²) in [5, 5.41) is 9.04. The van der Waals surface area contributed by atoms with E-state index in [4.69, 9.17) is 14.6 Å². The van der Waals surface area contributed by atoms with Crippen LogP contribution in [-0.2, 0) is 4.79 Å². The fourth-order valence-electron chi connectivity index (χ4n) is 1.74. The van der Waals surface area contributed by atoms with E-state index >= 15 is 0 Å². The van der Waals surface area contributed by atoms with Crippen molar-refractivity contribution < 1.29 is 24.2 Å². The van der Waals surface area contributed by atoms with Crippen LogP contribution in [0.1, 0.15) is 23.7 Å². The van der Waals surface area contributed by atoms with Crippen molar-refractivity contribution in [3.8, 4) is 11.5 Å². The third-order valence-electron chi connectivity index (χ3n) is 2.77. The molecule has 1 aromatic rings. The lowest BCUT2D eigenvalue weighted by molar-refractivity contribution is -0.154. The minimum absolute atomic E-state index is 0.178. The molecular weight excluding hydrogens is 224 g/mol. The van der Waals surface area contributed by atoms with Crippen molar-refractivity contribution in [3.05, 3.63) is 23.8 Å². The van der Waals surface area contributed by atoms with Gasteiger partial charge >= 0.3 is 5.97 Å². The van der Waals surface area contributed by atoms with Gasteiger partial charge in [-0.1, -0.05) is 0 Å². The number of benzene rings is 1. The number of aliphatic carboxylic acids is 1. The number of rotatable bonds is 2. The van der Waals surface area contributed by atoms with Gasteiger partial charge in [0.2, 0.25) is 5.60 Å². The van der Waals surface area contributed by atoms with Gasteiger partial charge < -0.3 is 14.6 Å². The molecule has 1 aliphatic heterocycles. The van der Waals surface area contributed by atoms with Crippen molar-refractivity contribution in [3.63, 3.8) is 0 Å². The molecule has 1 heterocycles. The molecule has 0 aromatic heterocycles. The van der Waals surface area contributed by atoms with Crippen molar-refractivity contribution >= 4 is 11.8 Å². The van der Waals surface area contributed by atoms with Gasteiger partial charge in [-0.15, -0.1) is 0 Å². The first-order valence-corrected chi connectivity index (χ1v) is 5.10. The summed E-state index contributed by atoms with van der Waals surface area (Å²) in [6, 6.07) is 4.73. The second-order valence-corrected chi connectivity index (χ2v) is 4.10. The Hall–Kier alpha value is -2.04. The van der Waals surface area contributed by atoms with Crippen LogP contribution in [0.25, 0.3) is 0 Å². The van der Waals surface area contributed by atoms with E-state index in [-0.39, 0.29) is 18.0 Å². The highest BCUT2D eigenvalue weighted by Gasteiger charge is 2.43. The Balaban J connectivity index is 2.45. The number of ether oxygens (including phenoxy) is 2. The smallest absolute Gasteiger partial charge is 0.348 e. The zero-order valence-corrected chi connectivity index (χ0v) is 9.52. The summed E-state index contributed by atoms with van der Waals surface area (Å²) in [6.45, 7) is 1.39. The van der Waals surface area contributed by atoms with Gasteiger partial charge in [0.1, 0.15) is 11.5 Å². The number of fused-ring (bicyclic) bond motifs is 1. The van der Waals surface area contributed by atoms with Crippen LogP contribution in [0.3, 0.4) is 0 Å². The normalized spacial score (nSPS) is 22.6. The van der Waals surface area contributed by atoms with Gasteiger partial charge in [0, 0.05) is 0 Å². The number of carbonyl (C=O) groups is 2. The lowest BCUT2D eigenvalue weighted by Gasteiger charge is -2.31. The van der Waals surface area contributed by atoms with Crippen LogP contribution >= 0.6 is 0 Å². The van der Waals surface area contributed by atoms with Crippen molar-refractivity contribution in [2.75, 3.05) is 7.11 Å². The first-order chi connectivity index (χ1) is 7.96. The number of Topliss-reactive ketones (excluding diaryl/α,β-unsaturated/α-hetero) is 1. The Morgan fingerprint density at radius 2 is 2.24 bits per heavy atom. The van der Waals surface area contributed by atoms with E-state index in [0.29, 0.717) is 11.3 Å². The van der Waals surface area contributed by atoms with E-state index in [1.54, 1.807) is 18.2 Å². The molecule has 0 spiro atoms. The molecule has 90 valence electrons. The summed E-state index contributed by atoms with van der Waals surface area (Å²) in [4.78, 5) is 22.9. The van der Waals surface area contributed by atoms with E-state index in [1.807, 2.05) is 0 Å². The maximum absolute atomic E-state index is 11.9. The number of hydrogen-bond acceptors (Lipinski definition) is 4. The number of ketones is 1. The average Bonchev–Trinajstić information content (AvgIpc) is 2.28. The number of hydrogen-bond donors (Lipinski definition) is 1. The molecule has 5 heteroatoms. The molecule has 0 fully saturated rings. The number of carbonyl (C=O) groups excluding carboxylic acids is 1. The third kappa shape index (κ3) is 1.84. The van der Waals surface area contributed by atoms with Crippen molar-refractivity contribution in [1.29, 1.82) is 0 Å². The summed E-state index contributed by atoms with van der Waals surface area (Å²) < 4.78 is 10.4. The maximum atomic E-state index is 11.9. The zero-order chi connectivity index (χ0) is 12.6. The van der Waals surface area contributed by atoms with Crippen molar-refractivity contribution in [2.45, 2.75) is 18.9 Å². The first-order valence-electron chi connectivity index (χ1n) is 5.10. The Kier molecular flexibility index (Phi) is 2.53. The van der Waals surface area contributed by atoms with E-state index < -0.39 is 11.6 Å². The molecule has 1 N–H and O–H groups in total. The predicted molar refractivity (Wildman–Crippen MR) is 58.6 cm³/mol. The topological polar surface area (TPSA) is 72.8 Å². The van der Waals surface area contributed by atoms with Gasteiger partial charge in [0.25, 0.3) is 0 Å². The molecule has 17 heavy (non-hydrogen) atoms. The van der Waals surface area contributed by atoms with E-state index in [9.17, 15) is 9.59 Å². The van der Waals surface area contributed by atoms with Crippen LogP contribution < -0.4 is 9.47 Å². The van der Waals surface area contributed by atoms with E-state index in [0.717, 1.165) is 0 Å². The number of carboxylic acid groups (broad SMARTS) is 1. The molecule has 0 saturated carbocycles. The minimum atomic E-state index is -1.49. The molecule has 1 atom stereocenters. The molecule has 2 rings (SSSR count). The summed E-state index contributed by atoms with van der Waals surface area (Å²) >= 11 is 0. The van der Waals surface area contributed by atoms with E-state index in [2.05, 4.69) is 0 Å². The second kappa shape index (κ2) is 3.76. The molecular formula is C12H12O5. The average molecular weight is 236 g/mol. The quantitative estimate of drug-likeness (QED) is 0.842. The van der Waals surface area contributed by atoms with Gasteiger partial charge in [0.05, 0.1) is 19.1 Å². The number of carboxylic acids is 1. The van der Waals surface area contributed by atoms with Crippen LogP contribution in [0.2, 0.25) is 0 Å². The summed E-state index contributed by atoms with van der Waals surface area (Å²) in [5.41, 5.74) is -1.12. The van der Waals surface area contributed by atoms with Gasteiger partial charge in [-0.2, -0.15) is 0 Å². The van der Waals surface area contributed by atoms with Gasteiger partial charge in [0.15, 0.2) is 5.78 Å². The van der Waals surface area contributed by atoms with Crippen molar-refractivity contribution in [1.82, 2.24) is 0 Å². The highest BCUT2D eigenvalue weighted by molar-refractivity contribution is 6.03. The first kappa shape index (κ1) is 11.4. The Morgan fingerprint density at radius 3 is 2.82 bits per heavy atom. The van der Waals surface area contributed by atoms with Crippen LogP contribution in [-0.4, -0.2) is 29.6 Å². The molecule has 1 aromatic carbocycles. The fourth-order valence-corrected chi connectivity index (χ4v) is 1.74. The molecule has 1 aliphatic rings. The Bertz CT molecular complexity index is 494. The Morgan fingerprint density at radius 1 is 1.53 bits per heavy atom. The van der Waals surface area contributed by atoms with Crippen LogP contribution in [0, 0.1) is 0 Å². The molecule has 0 radical (unpaired) electrons. The summed E-state index contributed by atoms with van der Waals surface area (Å²) in [5.74, 6) is -0.575. The van der Waals surface area contributed by atoms with Crippen LogP contribution in [0.4, 0.5) is 0 Å². The molecule has 5 nitrogen and oxygen atoms in total. The molecule has 0 bridgehead atoms. The van der Waals surface area contributed by atoms with Crippen LogP contribution in [0.15, 0.2) is 18.2 Å². The minimum Gasteiger partial charge on any atom is -0.497 e. The molecule has 0 amide bonds. The largest absolute Gasteiger partial charge is 0.497 e. The summed E-state index contributed by atoms with van der Waals surface area (Å²) in [6.07, 6.45) is -0.178. The van der Waals surface area contributed by atoms with Gasteiger partial charge in [-0.3, -0.25) is 4.79 Å². The van der Waals surface area contributed by atoms with Gasteiger partial charge in [-0.05, 0) is 25.1 Å². The Labute approximate surface area is 98.0 Å². The second-order valence-electron chi connectivity index (χ2n) is 4.10. The summed E-state index contributed by atoms with van der Waals surface area (Å²) in [7, 11) is 1.50. The van der Waals surface area contributed by atoms with E-state index in [1.165, 1.54) is 14.0 Å². The standard InChI is InChI=1S/C12H12O5/c1-12(11(14)15)6-9(13)8-5-7(16-2)3-4-10(8)17-12/h3-5H,6H2,1-2H3,(H,14,15). The molecule has 0 saturated heterocycles. The van der Waals surface area contributed by atoms with Gasteiger partial charge in [-0.25, -0.2) is 4.79 Å². The predicted octanol–water partition coefficient (Wildman–Crippen LogP) is 1.50. The monoisotopic (exact) mass is 236 g/mol. The highest BCUT2D eigenvalue weighted by Crippen LogP contribution is 2.35. The molecule has 0 aliphatic carbocycles. The SMILES string of the molecule is COc1ccc2c(c1)C(=O)CC(C)(C(=O)O)O2. The number of methoxy groups -OCH3 is 1. The fraction of sp³-hybridized carbons (Fsp3) is 0.333. The zero-order valence-electron chi connectivity index (χ0n) is 9.52.